The molecule has 236 valence electrons. The maximum absolute atomic E-state index is 13.9. The van der Waals surface area contributed by atoms with Gasteiger partial charge < -0.3 is 20.5 Å². The fraction of sp³-hybridized carbons (Fsp3) is 0.310. The number of rotatable bonds is 9. The Labute approximate surface area is 256 Å². The third-order valence-electron chi connectivity index (χ3n) is 6.66. The van der Waals surface area contributed by atoms with Crippen LogP contribution in [0.5, 0.6) is 5.75 Å². The molecule has 1 saturated heterocycles. The van der Waals surface area contributed by atoms with Crippen molar-refractivity contribution in [3.8, 4) is 5.75 Å². The van der Waals surface area contributed by atoms with E-state index in [0.29, 0.717) is 36.3 Å². The summed E-state index contributed by atoms with van der Waals surface area (Å²) in [7, 11) is -4.05. The SMILES string of the molecule is CCOc1ccc2c(cc(C(=O)NCc3cccs3)n2S(=O)(=O)c2ccccc2)c1CN1CCNCC1.O=C(O)C(F)(F)F. The predicted molar refractivity (Wildman–Crippen MR) is 159 cm³/mol. The van der Waals surface area contributed by atoms with Gasteiger partial charge >= 0.3 is 12.1 Å². The third kappa shape index (κ3) is 7.77. The fourth-order valence-corrected chi connectivity index (χ4v) is 6.80. The van der Waals surface area contributed by atoms with Gasteiger partial charge in [-0.15, -0.1) is 11.3 Å². The maximum Gasteiger partial charge on any atom is 0.490 e. The lowest BCUT2D eigenvalue weighted by molar-refractivity contribution is -0.192. The van der Waals surface area contributed by atoms with Crippen molar-refractivity contribution in [3.63, 3.8) is 0 Å². The van der Waals surface area contributed by atoms with E-state index < -0.39 is 28.1 Å². The van der Waals surface area contributed by atoms with E-state index in [-0.39, 0.29) is 10.6 Å². The first kappa shape index (κ1) is 33.0. The van der Waals surface area contributed by atoms with Crippen molar-refractivity contribution in [1.82, 2.24) is 19.5 Å². The van der Waals surface area contributed by atoms with Gasteiger partial charge in [0.25, 0.3) is 15.9 Å². The molecule has 10 nitrogen and oxygen atoms in total. The first-order valence-electron chi connectivity index (χ1n) is 13.6. The first-order valence-corrected chi connectivity index (χ1v) is 15.9. The smallest absolute Gasteiger partial charge is 0.490 e. The number of hydrogen-bond donors (Lipinski definition) is 3. The van der Waals surface area contributed by atoms with Crippen molar-refractivity contribution < 1.29 is 41.0 Å². The number of fused-ring (bicyclic) bond motifs is 1. The highest BCUT2D eigenvalue weighted by molar-refractivity contribution is 7.90. The zero-order valence-electron chi connectivity index (χ0n) is 23.6. The predicted octanol–water partition coefficient (Wildman–Crippen LogP) is 4.31. The molecule has 0 unspecified atom stereocenters. The number of carbonyl (C=O) groups excluding carboxylic acids is 1. The van der Waals surface area contributed by atoms with Crippen molar-refractivity contribution in [2.45, 2.75) is 31.1 Å². The summed E-state index contributed by atoms with van der Waals surface area (Å²) in [6, 6.07) is 17.3. The lowest BCUT2D eigenvalue weighted by Crippen LogP contribution is -2.42. The van der Waals surface area contributed by atoms with E-state index in [4.69, 9.17) is 14.6 Å². The number of aromatic nitrogens is 1. The number of amides is 1. The molecule has 15 heteroatoms. The second-order valence-electron chi connectivity index (χ2n) is 9.61. The van der Waals surface area contributed by atoms with E-state index in [2.05, 4.69) is 15.5 Å². The number of piperazine rings is 1. The summed E-state index contributed by atoms with van der Waals surface area (Å²) in [5.74, 6) is -2.50. The third-order valence-corrected chi connectivity index (χ3v) is 9.28. The van der Waals surface area contributed by atoms with Crippen LogP contribution in [0.3, 0.4) is 0 Å². The molecule has 44 heavy (non-hydrogen) atoms. The molecule has 3 N–H and O–H groups in total. The number of nitrogens with zero attached hydrogens (tertiary/aromatic N) is 2. The van der Waals surface area contributed by atoms with E-state index in [1.165, 1.54) is 15.3 Å². The number of thiophene rings is 1. The minimum Gasteiger partial charge on any atom is -0.494 e. The number of ether oxygens (including phenoxy) is 1. The van der Waals surface area contributed by atoms with Gasteiger partial charge in [0.2, 0.25) is 0 Å². The second-order valence-corrected chi connectivity index (χ2v) is 12.4. The molecule has 3 heterocycles. The molecule has 0 radical (unpaired) electrons. The Morgan fingerprint density at radius 2 is 1.75 bits per heavy atom. The number of alkyl halides is 3. The zero-order chi connectivity index (χ0) is 31.9. The molecular formula is C29H31F3N4O6S2. The Kier molecular flexibility index (Phi) is 10.7. The molecule has 0 atom stereocenters. The van der Waals surface area contributed by atoms with Crippen LogP contribution in [-0.4, -0.2) is 73.2 Å². The normalized spacial score (nSPS) is 14.1. The number of aliphatic carboxylic acids is 1. The summed E-state index contributed by atoms with van der Waals surface area (Å²) < 4.78 is 66.7. The van der Waals surface area contributed by atoms with Crippen LogP contribution >= 0.6 is 11.3 Å². The summed E-state index contributed by atoms with van der Waals surface area (Å²) in [5, 5.41) is 16.0. The molecule has 4 aromatic rings. The molecular weight excluding hydrogens is 621 g/mol. The van der Waals surface area contributed by atoms with E-state index in [9.17, 15) is 26.4 Å². The average Bonchev–Trinajstić information content (AvgIpc) is 3.67. The van der Waals surface area contributed by atoms with Crippen LogP contribution in [0, 0.1) is 0 Å². The Bertz CT molecular complexity index is 1690. The van der Waals surface area contributed by atoms with E-state index in [1.54, 1.807) is 42.5 Å². The molecule has 1 aliphatic rings. The quantitative estimate of drug-likeness (QED) is 0.244. The number of carboxylic acids is 1. The summed E-state index contributed by atoms with van der Waals surface area (Å²) in [6.45, 7) is 6.85. The van der Waals surface area contributed by atoms with Crippen molar-refractivity contribution in [1.29, 1.82) is 0 Å². The number of hydrogen-bond acceptors (Lipinski definition) is 8. The molecule has 1 fully saturated rings. The number of benzene rings is 2. The summed E-state index contributed by atoms with van der Waals surface area (Å²) >= 11 is 1.53. The van der Waals surface area contributed by atoms with Crippen LogP contribution in [-0.2, 0) is 27.9 Å². The molecule has 1 aliphatic heterocycles. The Morgan fingerprint density at radius 1 is 1.07 bits per heavy atom. The highest BCUT2D eigenvalue weighted by atomic mass is 32.2. The highest BCUT2D eigenvalue weighted by Crippen LogP contribution is 2.34. The maximum atomic E-state index is 13.9. The molecule has 2 aromatic heterocycles. The lowest BCUT2D eigenvalue weighted by atomic mass is 10.1. The molecule has 0 spiro atoms. The van der Waals surface area contributed by atoms with E-state index in [1.807, 2.05) is 30.5 Å². The van der Waals surface area contributed by atoms with Crippen LogP contribution in [0.25, 0.3) is 10.9 Å². The van der Waals surface area contributed by atoms with Crippen LogP contribution in [0.15, 0.2) is 70.9 Å². The number of carboxylic acid groups (broad SMARTS) is 1. The molecule has 2 aromatic carbocycles. The van der Waals surface area contributed by atoms with E-state index >= 15 is 0 Å². The first-order chi connectivity index (χ1) is 20.9. The molecule has 0 bridgehead atoms. The summed E-state index contributed by atoms with van der Waals surface area (Å²) in [6.07, 6.45) is -5.08. The fourth-order valence-electron chi connectivity index (χ4n) is 4.63. The van der Waals surface area contributed by atoms with Crippen molar-refractivity contribution in [2.24, 2.45) is 0 Å². The molecule has 0 aliphatic carbocycles. The average molecular weight is 653 g/mol. The summed E-state index contributed by atoms with van der Waals surface area (Å²) in [5.41, 5.74) is 1.42. The Morgan fingerprint density at radius 3 is 2.34 bits per heavy atom. The Hall–Kier alpha value is -3.92. The van der Waals surface area contributed by atoms with E-state index in [0.717, 1.165) is 36.6 Å². The van der Waals surface area contributed by atoms with Gasteiger partial charge in [0.15, 0.2) is 0 Å². The monoisotopic (exact) mass is 652 g/mol. The van der Waals surface area contributed by atoms with Gasteiger partial charge in [0.1, 0.15) is 11.4 Å². The molecule has 0 saturated carbocycles. The van der Waals surface area contributed by atoms with Crippen molar-refractivity contribution in [2.75, 3.05) is 32.8 Å². The highest BCUT2D eigenvalue weighted by Gasteiger charge is 2.38. The Balaban J connectivity index is 0.000000566. The van der Waals surface area contributed by atoms with Gasteiger partial charge in [0.05, 0.1) is 23.6 Å². The molecule has 1 amide bonds. The van der Waals surface area contributed by atoms with Crippen molar-refractivity contribution in [3.05, 3.63) is 82.2 Å². The van der Waals surface area contributed by atoms with Gasteiger partial charge in [-0.3, -0.25) is 9.69 Å². The van der Waals surface area contributed by atoms with Gasteiger partial charge in [-0.25, -0.2) is 17.2 Å². The minimum absolute atomic E-state index is 0.0746. The van der Waals surface area contributed by atoms with Gasteiger partial charge in [-0.2, -0.15) is 13.2 Å². The lowest BCUT2D eigenvalue weighted by Gasteiger charge is -2.28. The van der Waals surface area contributed by atoms with Gasteiger partial charge in [-0.05, 0) is 48.7 Å². The summed E-state index contributed by atoms with van der Waals surface area (Å²) in [4.78, 5) is 25.8. The van der Waals surface area contributed by atoms with Crippen LogP contribution in [0.1, 0.15) is 27.9 Å². The largest absolute Gasteiger partial charge is 0.494 e. The number of carbonyl (C=O) groups is 2. The second kappa shape index (κ2) is 14.2. The number of halogens is 3. The standard InChI is InChI=1S/C27H30N4O4S2.C2HF3O2/c1-2-35-26-11-10-24-22(23(26)19-30-14-12-28-13-15-30)17-25(27(32)29-18-20-7-6-16-36-20)31(24)37(33,34)21-8-4-3-5-9-21;3-2(4,5)1(6)7/h3-11,16-17,28H,2,12-15,18-19H2,1H3,(H,29,32);(H,6,7). The molecule has 5 rings (SSSR count). The van der Waals surface area contributed by atoms with Gasteiger partial charge in [-0.1, -0.05) is 24.3 Å². The van der Waals surface area contributed by atoms with Crippen molar-refractivity contribution >= 4 is 44.1 Å². The van der Waals surface area contributed by atoms with Crippen LogP contribution in [0.2, 0.25) is 0 Å². The van der Waals surface area contributed by atoms with Crippen LogP contribution in [0.4, 0.5) is 13.2 Å². The number of nitrogens with one attached hydrogen (secondary N) is 2. The van der Waals surface area contributed by atoms with Gasteiger partial charge in [0, 0.05) is 48.6 Å². The zero-order valence-corrected chi connectivity index (χ0v) is 25.3. The van der Waals surface area contributed by atoms with Crippen LogP contribution < -0.4 is 15.4 Å². The minimum atomic E-state index is -5.08. The topological polar surface area (TPSA) is 130 Å².